The number of phosphoric acid groups is 1. The predicted molar refractivity (Wildman–Crippen MR) is 195 cm³/mol. The molecule has 0 aliphatic carbocycles. The third-order valence-electron chi connectivity index (χ3n) is 11.6. The zero-order valence-electron chi connectivity index (χ0n) is 32.8. The van der Waals surface area contributed by atoms with Gasteiger partial charge in [0.15, 0.2) is 0 Å². The first-order valence-corrected chi connectivity index (χ1v) is 20.2. The van der Waals surface area contributed by atoms with E-state index < -0.39 is 24.6 Å². The molecular weight excluding hydrogens is 563 g/mol. The SMILES string of the molecule is CCCCCCCC(C)(C)C(C)(C)OP(=O)(OC(C)(C)C(C)(C)CCCCCCC)OC(C)(C)C(C)(C)CCCCCCC. The second-order valence-electron chi connectivity index (χ2n) is 17.4. The molecule has 44 heavy (non-hydrogen) atoms. The molecule has 0 aliphatic rings. The van der Waals surface area contributed by atoms with E-state index in [0.717, 1.165) is 38.5 Å². The van der Waals surface area contributed by atoms with Gasteiger partial charge in [-0.15, -0.1) is 0 Å². The van der Waals surface area contributed by atoms with E-state index in [0.29, 0.717) is 0 Å². The highest BCUT2D eigenvalue weighted by Crippen LogP contribution is 2.64. The number of unbranched alkanes of at least 4 members (excludes halogenated alkanes) is 12. The fourth-order valence-corrected chi connectivity index (χ4v) is 8.21. The normalized spacial score (nSPS) is 14.4. The molecule has 0 heterocycles. The molecule has 0 bridgehead atoms. The van der Waals surface area contributed by atoms with Crippen LogP contribution in [0.3, 0.4) is 0 Å². The van der Waals surface area contributed by atoms with E-state index in [-0.39, 0.29) is 16.2 Å². The van der Waals surface area contributed by atoms with Gasteiger partial charge in [0.2, 0.25) is 0 Å². The van der Waals surface area contributed by atoms with Crippen molar-refractivity contribution in [3.05, 3.63) is 0 Å². The van der Waals surface area contributed by atoms with Crippen molar-refractivity contribution in [3.8, 4) is 0 Å². The summed E-state index contributed by atoms with van der Waals surface area (Å²) in [6.45, 7) is 32.7. The molecule has 0 amide bonds. The minimum Gasteiger partial charge on any atom is -0.280 e. The quantitative estimate of drug-likeness (QED) is 0.0659. The Balaban J connectivity index is 6.19. The second-order valence-corrected chi connectivity index (χ2v) is 18.8. The first kappa shape index (κ1) is 44.1. The molecule has 5 heteroatoms. The summed E-state index contributed by atoms with van der Waals surface area (Å²) in [5.74, 6) is 0. The summed E-state index contributed by atoms with van der Waals surface area (Å²) >= 11 is 0. The molecule has 0 aromatic heterocycles. The number of rotatable bonds is 27. The zero-order chi connectivity index (χ0) is 34.3. The first-order valence-electron chi connectivity index (χ1n) is 18.8. The molecular formula is C39H81O4P. The van der Waals surface area contributed by atoms with Gasteiger partial charge in [-0.3, -0.25) is 13.6 Å². The van der Waals surface area contributed by atoms with Gasteiger partial charge in [-0.05, 0) is 77.0 Å². The number of hydrogen-bond donors (Lipinski definition) is 0. The average Bonchev–Trinajstić information content (AvgIpc) is 2.86. The average molecular weight is 645 g/mol. The van der Waals surface area contributed by atoms with Crippen LogP contribution in [0.25, 0.3) is 0 Å². The van der Waals surface area contributed by atoms with E-state index in [1.165, 1.54) is 77.0 Å². The third kappa shape index (κ3) is 14.9. The van der Waals surface area contributed by atoms with Crippen LogP contribution >= 0.6 is 7.82 Å². The topological polar surface area (TPSA) is 44.8 Å². The van der Waals surface area contributed by atoms with Gasteiger partial charge < -0.3 is 0 Å². The van der Waals surface area contributed by atoms with Crippen LogP contribution in [0.1, 0.15) is 219 Å². The molecule has 266 valence electrons. The van der Waals surface area contributed by atoms with Crippen molar-refractivity contribution in [3.63, 3.8) is 0 Å². The van der Waals surface area contributed by atoms with E-state index >= 15 is 4.57 Å². The highest BCUT2D eigenvalue weighted by Gasteiger charge is 2.53. The Kier molecular flexibility index (Phi) is 19.2. The minimum absolute atomic E-state index is 0.209. The first-order chi connectivity index (χ1) is 20.1. The fraction of sp³-hybridized carbons (Fsp3) is 1.00. The largest absolute Gasteiger partial charge is 0.476 e. The van der Waals surface area contributed by atoms with Gasteiger partial charge >= 0.3 is 7.82 Å². The monoisotopic (exact) mass is 645 g/mol. The van der Waals surface area contributed by atoms with Crippen LogP contribution < -0.4 is 0 Å². The molecule has 0 atom stereocenters. The van der Waals surface area contributed by atoms with Crippen molar-refractivity contribution in [2.75, 3.05) is 0 Å². The molecule has 0 aliphatic heterocycles. The lowest BCUT2D eigenvalue weighted by Gasteiger charge is -2.49. The Morgan fingerprint density at radius 1 is 0.364 bits per heavy atom. The summed E-state index contributed by atoms with van der Waals surface area (Å²) in [6, 6.07) is 0. The van der Waals surface area contributed by atoms with Gasteiger partial charge in [0.1, 0.15) is 0 Å². The molecule has 0 fully saturated rings. The molecule has 0 saturated heterocycles. The van der Waals surface area contributed by atoms with Crippen LogP contribution in [0.2, 0.25) is 0 Å². The molecule has 0 spiro atoms. The van der Waals surface area contributed by atoms with Crippen LogP contribution in [-0.2, 0) is 18.1 Å². The standard InChI is InChI=1S/C39H81O4P/c1-16-19-22-25-28-31-34(4,5)37(10,11)41-44(40,42-38(12,13)35(6,7)32-29-26-23-20-17-2)43-39(14,15)36(8,9)33-30-27-24-21-18-3/h16-33H2,1-15H3. The van der Waals surface area contributed by atoms with Gasteiger partial charge in [-0.1, -0.05) is 159 Å². The van der Waals surface area contributed by atoms with Crippen molar-refractivity contribution in [1.82, 2.24) is 0 Å². The lowest BCUT2D eigenvalue weighted by molar-refractivity contribution is -0.123. The van der Waals surface area contributed by atoms with Gasteiger partial charge in [0, 0.05) is 0 Å². The Bertz CT molecular complexity index is 704. The summed E-state index contributed by atoms with van der Waals surface area (Å²) < 4.78 is 35.4. The second kappa shape index (κ2) is 19.2. The van der Waals surface area contributed by atoms with Crippen molar-refractivity contribution >= 4 is 7.82 Å². The third-order valence-corrected chi connectivity index (χ3v) is 13.7. The number of hydrogen-bond acceptors (Lipinski definition) is 4. The molecule has 0 N–H and O–H groups in total. The Morgan fingerprint density at radius 3 is 0.773 bits per heavy atom. The summed E-state index contributed by atoms with van der Waals surface area (Å²) in [6.07, 6.45) is 21.4. The molecule has 0 aromatic rings. The van der Waals surface area contributed by atoms with Crippen molar-refractivity contribution in [2.45, 2.75) is 236 Å². The number of phosphoric ester groups is 1. The highest BCUT2D eigenvalue weighted by atomic mass is 31.2. The summed E-state index contributed by atoms with van der Waals surface area (Å²) in [5.41, 5.74) is -2.77. The Hall–Kier alpha value is 0.110. The van der Waals surface area contributed by atoms with Gasteiger partial charge in [0.25, 0.3) is 0 Å². The molecule has 0 unspecified atom stereocenters. The maximum Gasteiger partial charge on any atom is 0.476 e. The smallest absolute Gasteiger partial charge is 0.280 e. The summed E-state index contributed by atoms with van der Waals surface area (Å²) in [7, 11) is -4.02. The van der Waals surface area contributed by atoms with E-state index in [2.05, 4.69) is 104 Å². The van der Waals surface area contributed by atoms with E-state index in [1.54, 1.807) is 0 Å². The molecule has 0 rings (SSSR count). The highest BCUT2D eigenvalue weighted by molar-refractivity contribution is 7.48. The summed E-state index contributed by atoms with van der Waals surface area (Å²) in [4.78, 5) is 0. The minimum atomic E-state index is -4.02. The maximum atomic E-state index is 15.2. The van der Waals surface area contributed by atoms with Crippen molar-refractivity contribution in [1.29, 1.82) is 0 Å². The van der Waals surface area contributed by atoms with Crippen LogP contribution in [0.15, 0.2) is 0 Å². The Morgan fingerprint density at radius 2 is 0.568 bits per heavy atom. The fourth-order valence-electron chi connectivity index (χ4n) is 5.68. The van der Waals surface area contributed by atoms with Gasteiger partial charge in [0.05, 0.1) is 16.8 Å². The lowest BCUT2D eigenvalue weighted by Crippen LogP contribution is -2.47. The van der Waals surface area contributed by atoms with Gasteiger partial charge in [-0.25, -0.2) is 4.57 Å². The summed E-state index contributed by atoms with van der Waals surface area (Å²) in [5, 5.41) is 0. The van der Waals surface area contributed by atoms with Crippen LogP contribution in [0.4, 0.5) is 0 Å². The maximum absolute atomic E-state index is 15.2. The van der Waals surface area contributed by atoms with Crippen LogP contribution in [0.5, 0.6) is 0 Å². The molecule has 0 aromatic carbocycles. The van der Waals surface area contributed by atoms with Gasteiger partial charge in [-0.2, -0.15) is 0 Å². The van der Waals surface area contributed by atoms with Crippen molar-refractivity contribution < 1.29 is 18.1 Å². The van der Waals surface area contributed by atoms with Crippen LogP contribution in [-0.4, -0.2) is 16.8 Å². The lowest BCUT2D eigenvalue weighted by atomic mass is 9.73. The predicted octanol–water partition coefficient (Wildman–Crippen LogP) is 14.6. The molecule has 0 radical (unpaired) electrons. The zero-order valence-corrected chi connectivity index (χ0v) is 33.7. The van der Waals surface area contributed by atoms with Crippen molar-refractivity contribution in [2.24, 2.45) is 16.2 Å². The Labute approximate surface area is 277 Å². The van der Waals surface area contributed by atoms with Crippen LogP contribution in [0, 0.1) is 16.2 Å². The molecule has 4 nitrogen and oxygen atoms in total. The van der Waals surface area contributed by atoms with E-state index in [9.17, 15) is 0 Å². The van der Waals surface area contributed by atoms with E-state index in [4.69, 9.17) is 13.6 Å². The molecule has 0 saturated carbocycles. The van der Waals surface area contributed by atoms with E-state index in [1.807, 2.05) is 0 Å².